The number of carbonyl (C=O) groups excluding carboxylic acids is 1. The first-order chi connectivity index (χ1) is 13.9. The van der Waals surface area contributed by atoms with Crippen LogP contribution in [0.25, 0.3) is 0 Å². The van der Waals surface area contributed by atoms with Gasteiger partial charge >= 0.3 is 7.60 Å². The summed E-state index contributed by atoms with van der Waals surface area (Å²) in [6.45, 7) is 7.33. The molecule has 0 bridgehead atoms. The van der Waals surface area contributed by atoms with Gasteiger partial charge in [-0.2, -0.15) is 0 Å². The Balaban J connectivity index is 2.02. The summed E-state index contributed by atoms with van der Waals surface area (Å²) in [6.07, 6.45) is 2.77. The summed E-state index contributed by atoms with van der Waals surface area (Å²) < 4.78 is 22.7. The number of carbonyl (C=O) groups is 1. The first-order valence-electron chi connectivity index (χ1n) is 9.96. The fourth-order valence-corrected chi connectivity index (χ4v) is 5.09. The zero-order chi connectivity index (χ0) is 22.3. The minimum atomic E-state index is -4.65. The number of ketones is 1. The fraction of sp³-hybridized carbons (Fsp3) is 0.571. The molecule has 0 amide bonds. The lowest BCUT2D eigenvalue weighted by Crippen LogP contribution is -2.50. The van der Waals surface area contributed by atoms with E-state index in [1.165, 1.54) is 6.20 Å². The van der Waals surface area contributed by atoms with Crippen LogP contribution in [0.3, 0.4) is 0 Å². The van der Waals surface area contributed by atoms with E-state index >= 15 is 0 Å². The maximum atomic E-state index is 12.6. The number of hydrogen-bond donors (Lipinski definition) is 2. The van der Waals surface area contributed by atoms with Gasteiger partial charge in [0.1, 0.15) is 11.1 Å². The standard InChI is InChI=1S/C21H29ClNO6P/c1-21(2,3)20-9-13-8-18(29-7-5-6-28-4)15(22)10-14(13)16-11-17(24)19(12-23(16)20)30(25,26)27/h8,10,12,16,20H,5-7,9,11H2,1-4H3,(H2,25,26,27). The second kappa shape index (κ2) is 8.64. The van der Waals surface area contributed by atoms with Crippen LogP contribution in [0.2, 0.25) is 5.02 Å². The fourth-order valence-electron chi connectivity index (χ4n) is 4.17. The molecule has 7 nitrogen and oxygen atoms in total. The minimum absolute atomic E-state index is 0.000888. The molecule has 9 heteroatoms. The maximum absolute atomic E-state index is 12.6. The molecule has 30 heavy (non-hydrogen) atoms. The molecule has 2 unspecified atom stereocenters. The van der Waals surface area contributed by atoms with Crippen LogP contribution >= 0.6 is 19.2 Å². The van der Waals surface area contributed by atoms with Crippen LogP contribution in [0.1, 0.15) is 50.8 Å². The quantitative estimate of drug-likeness (QED) is 0.491. The molecule has 0 aliphatic carbocycles. The lowest BCUT2D eigenvalue weighted by Gasteiger charge is -2.50. The van der Waals surface area contributed by atoms with Crippen LogP contribution in [0.15, 0.2) is 23.6 Å². The van der Waals surface area contributed by atoms with E-state index in [1.807, 2.05) is 17.0 Å². The Labute approximate surface area is 182 Å². The summed E-state index contributed by atoms with van der Waals surface area (Å²) in [4.78, 5) is 33.8. The number of halogens is 1. The van der Waals surface area contributed by atoms with Gasteiger partial charge in [-0.3, -0.25) is 9.36 Å². The van der Waals surface area contributed by atoms with E-state index in [2.05, 4.69) is 20.8 Å². The molecule has 2 atom stereocenters. The molecule has 2 heterocycles. The number of methoxy groups -OCH3 is 1. The Morgan fingerprint density at radius 3 is 2.53 bits per heavy atom. The number of nitrogens with zero attached hydrogens (tertiary/aromatic N) is 1. The number of ether oxygens (including phenoxy) is 2. The Bertz CT molecular complexity index is 903. The molecule has 0 spiro atoms. The topological polar surface area (TPSA) is 96.3 Å². The van der Waals surface area contributed by atoms with E-state index in [4.69, 9.17) is 21.1 Å². The van der Waals surface area contributed by atoms with Crippen molar-refractivity contribution in [1.29, 1.82) is 0 Å². The normalized spacial score (nSPS) is 21.8. The number of fused-ring (bicyclic) bond motifs is 3. The summed E-state index contributed by atoms with van der Waals surface area (Å²) in [6, 6.07) is 3.39. The molecule has 0 saturated carbocycles. The Morgan fingerprint density at radius 1 is 1.23 bits per heavy atom. The summed E-state index contributed by atoms with van der Waals surface area (Å²) in [5, 5.41) is 0.0400. The first kappa shape index (κ1) is 23.3. The highest BCUT2D eigenvalue weighted by molar-refractivity contribution is 7.58. The molecule has 0 aromatic heterocycles. The number of rotatable bonds is 6. The third kappa shape index (κ3) is 4.76. The number of Topliss-reactive ketones (excluding diaryl/α,β-unsaturated/α-hetero) is 1. The van der Waals surface area contributed by atoms with Gasteiger partial charge in [0.15, 0.2) is 5.78 Å². The van der Waals surface area contributed by atoms with Gasteiger partial charge in [-0.15, -0.1) is 0 Å². The molecular weight excluding hydrogens is 429 g/mol. The SMILES string of the molecule is COCCCOc1cc2c(cc1Cl)C1CC(=O)C(P(=O)(O)O)=CN1C(C(C)(C)C)C2. The van der Waals surface area contributed by atoms with E-state index in [0.29, 0.717) is 30.4 Å². The average molecular weight is 458 g/mol. The van der Waals surface area contributed by atoms with E-state index in [0.717, 1.165) is 17.5 Å². The van der Waals surface area contributed by atoms with Gasteiger partial charge < -0.3 is 24.2 Å². The van der Waals surface area contributed by atoms with Crippen LogP contribution < -0.4 is 4.74 Å². The highest BCUT2D eigenvalue weighted by atomic mass is 35.5. The van der Waals surface area contributed by atoms with Crippen molar-refractivity contribution in [2.75, 3.05) is 20.3 Å². The number of benzene rings is 1. The van der Waals surface area contributed by atoms with Gasteiger partial charge in [-0.05, 0) is 35.1 Å². The molecule has 1 aromatic rings. The largest absolute Gasteiger partial charge is 0.492 e. The van der Waals surface area contributed by atoms with Crippen LogP contribution in [0.4, 0.5) is 0 Å². The van der Waals surface area contributed by atoms with Crippen LogP contribution in [-0.2, 0) is 20.5 Å². The second-order valence-electron chi connectivity index (χ2n) is 8.91. The Hall–Kier alpha value is -1.37. The van der Waals surface area contributed by atoms with Crippen molar-refractivity contribution in [3.8, 4) is 5.75 Å². The summed E-state index contributed by atoms with van der Waals surface area (Å²) >= 11 is 6.47. The third-order valence-electron chi connectivity index (χ3n) is 5.69. The molecule has 2 N–H and O–H groups in total. The predicted octanol–water partition coefficient (Wildman–Crippen LogP) is 4.06. The highest BCUT2D eigenvalue weighted by Gasteiger charge is 2.45. The zero-order valence-electron chi connectivity index (χ0n) is 17.7. The highest BCUT2D eigenvalue weighted by Crippen LogP contribution is 2.53. The summed E-state index contributed by atoms with van der Waals surface area (Å²) in [5.41, 5.74) is 1.76. The number of hydrogen-bond acceptors (Lipinski definition) is 5. The van der Waals surface area contributed by atoms with Gasteiger partial charge in [0.05, 0.1) is 17.7 Å². The monoisotopic (exact) mass is 457 g/mol. The second-order valence-corrected chi connectivity index (χ2v) is 10.9. The zero-order valence-corrected chi connectivity index (χ0v) is 19.4. The van der Waals surface area contributed by atoms with Crippen molar-refractivity contribution in [3.63, 3.8) is 0 Å². The van der Waals surface area contributed by atoms with E-state index in [-0.39, 0.29) is 23.9 Å². The summed E-state index contributed by atoms with van der Waals surface area (Å²) in [7, 11) is -3.01. The molecule has 0 saturated heterocycles. The lowest BCUT2D eigenvalue weighted by molar-refractivity contribution is -0.117. The van der Waals surface area contributed by atoms with Gasteiger partial charge in [-0.25, -0.2) is 0 Å². The van der Waals surface area contributed by atoms with Gasteiger partial charge in [0.2, 0.25) is 0 Å². The van der Waals surface area contributed by atoms with Crippen LogP contribution in [0.5, 0.6) is 5.75 Å². The van der Waals surface area contributed by atoms with Crippen molar-refractivity contribution in [2.24, 2.45) is 5.41 Å². The molecule has 166 valence electrons. The van der Waals surface area contributed by atoms with E-state index in [9.17, 15) is 19.1 Å². The predicted molar refractivity (Wildman–Crippen MR) is 115 cm³/mol. The van der Waals surface area contributed by atoms with Gasteiger partial charge in [-0.1, -0.05) is 32.4 Å². The Morgan fingerprint density at radius 2 is 1.93 bits per heavy atom. The molecule has 0 fully saturated rings. The smallest absolute Gasteiger partial charge is 0.361 e. The van der Waals surface area contributed by atoms with Crippen molar-refractivity contribution >= 4 is 25.0 Å². The Kier molecular flexibility index (Phi) is 6.71. The molecular formula is C21H29ClNO6P. The molecule has 2 aliphatic heterocycles. The molecule has 2 aliphatic rings. The molecule has 0 radical (unpaired) electrons. The molecule has 1 aromatic carbocycles. The van der Waals surface area contributed by atoms with E-state index in [1.54, 1.807) is 7.11 Å². The number of allylic oxidation sites excluding steroid dienone is 1. The van der Waals surface area contributed by atoms with Crippen LogP contribution in [-0.4, -0.2) is 46.8 Å². The molecule has 3 rings (SSSR count). The lowest BCUT2D eigenvalue weighted by atomic mass is 9.75. The van der Waals surface area contributed by atoms with Gasteiger partial charge in [0.25, 0.3) is 0 Å². The average Bonchev–Trinajstić information content (AvgIpc) is 2.63. The van der Waals surface area contributed by atoms with Crippen molar-refractivity contribution in [3.05, 3.63) is 39.8 Å². The maximum Gasteiger partial charge on any atom is 0.361 e. The van der Waals surface area contributed by atoms with Crippen LogP contribution in [0, 0.1) is 5.41 Å². The van der Waals surface area contributed by atoms with Gasteiger partial charge in [0, 0.05) is 38.8 Å². The van der Waals surface area contributed by atoms with Crippen molar-refractivity contribution < 1.29 is 28.6 Å². The van der Waals surface area contributed by atoms with E-state index < -0.39 is 18.7 Å². The third-order valence-corrected chi connectivity index (χ3v) is 6.97. The first-order valence-corrected chi connectivity index (χ1v) is 11.9. The summed E-state index contributed by atoms with van der Waals surface area (Å²) in [5.74, 6) is 0.0716. The minimum Gasteiger partial charge on any atom is -0.492 e. The van der Waals surface area contributed by atoms with Crippen molar-refractivity contribution in [2.45, 2.75) is 52.1 Å². The van der Waals surface area contributed by atoms with Crippen molar-refractivity contribution in [1.82, 2.24) is 4.90 Å².